The van der Waals surface area contributed by atoms with Crippen LogP contribution in [0, 0.1) is 0 Å². The first-order chi connectivity index (χ1) is 35.0. The molecule has 0 aliphatic carbocycles. The van der Waals surface area contributed by atoms with E-state index < -0.39 is 6.10 Å². The summed E-state index contributed by atoms with van der Waals surface area (Å²) >= 11 is 0. The Morgan fingerprint density at radius 1 is 0.296 bits per heavy atom. The first kappa shape index (κ1) is 68.1. The van der Waals surface area contributed by atoms with E-state index in [-0.39, 0.29) is 37.5 Å². The molecule has 0 aromatic heterocycles. The lowest BCUT2D eigenvalue weighted by Gasteiger charge is -2.18. The maximum atomic E-state index is 12.8. The van der Waals surface area contributed by atoms with Gasteiger partial charge in [-0.1, -0.05) is 274 Å². The zero-order chi connectivity index (χ0) is 51.4. The minimum Gasteiger partial charge on any atom is -0.462 e. The highest BCUT2D eigenvalue weighted by atomic mass is 16.6. The number of esters is 3. The van der Waals surface area contributed by atoms with Gasteiger partial charge in [-0.3, -0.25) is 14.4 Å². The molecule has 71 heavy (non-hydrogen) atoms. The quantitative estimate of drug-likeness (QED) is 0.0261. The Morgan fingerprint density at radius 3 is 0.901 bits per heavy atom. The highest BCUT2D eigenvalue weighted by Gasteiger charge is 2.19. The van der Waals surface area contributed by atoms with E-state index >= 15 is 0 Å². The van der Waals surface area contributed by atoms with Gasteiger partial charge < -0.3 is 14.2 Å². The van der Waals surface area contributed by atoms with Gasteiger partial charge in [0.25, 0.3) is 0 Å². The number of carbonyl (C=O) groups excluding carboxylic acids is 3. The highest BCUT2D eigenvalue weighted by molar-refractivity contribution is 5.71. The van der Waals surface area contributed by atoms with Crippen LogP contribution in [0.4, 0.5) is 0 Å². The maximum absolute atomic E-state index is 12.8. The molecule has 1 atom stereocenters. The molecule has 0 N–H and O–H groups in total. The lowest BCUT2D eigenvalue weighted by molar-refractivity contribution is -0.167. The van der Waals surface area contributed by atoms with E-state index in [0.717, 1.165) is 77.0 Å². The van der Waals surface area contributed by atoms with Gasteiger partial charge in [-0.05, 0) is 83.5 Å². The van der Waals surface area contributed by atoms with Crippen molar-refractivity contribution < 1.29 is 28.6 Å². The van der Waals surface area contributed by atoms with E-state index in [1.807, 2.05) is 0 Å². The maximum Gasteiger partial charge on any atom is 0.306 e. The second-order valence-corrected chi connectivity index (χ2v) is 20.6. The van der Waals surface area contributed by atoms with Crippen LogP contribution >= 0.6 is 0 Å². The van der Waals surface area contributed by atoms with Gasteiger partial charge in [0.1, 0.15) is 13.2 Å². The Labute approximate surface area is 440 Å². The second-order valence-electron chi connectivity index (χ2n) is 20.6. The fraction of sp³-hybridized carbons (Fsp3) is 0.800. The Kier molecular flexibility index (Phi) is 57.2. The Hall–Kier alpha value is -2.89. The van der Waals surface area contributed by atoms with Gasteiger partial charge in [-0.25, -0.2) is 0 Å². The van der Waals surface area contributed by atoms with E-state index in [0.29, 0.717) is 19.3 Å². The molecule has 1 unspecified atom stereocenters. The Morgan fingerprint density at radius 2 is 0.549 bits per heavy atom. The van der Waals surface area contributed by atoms with Crippen molar-refractivity contribution in [2.75, 3.05) is 13.2 Å². The molecule has 0 radical (unpaired) electrons. The Balaban J connectivity index is 4.28. The molecular formula is C65H116O6. The molecule has 0 aromatic carbocycles. The van der Waals surface area contributed by atoms with E-state index in [1.54, 1.807) is 0 Å². The average molecular weight is 994 g/mol. The molecule has 0 saturated carbocycles. The molecule has 412 valence electrons. The molecule has 0 aliphatic heterocycles. The van der Waals surface area contributed by atoms with Gasteiger partial charge in [-0.2, -0.15) is 0 Å². The van der Waals surface area contributed by atoms with E-state index in [2.05, 4.69) is 81.5 Å². The lowest BCUT2D eigenvalue weighted by Crippen LogP contribution is -2.30. The van der Waals surface area contributed by atoms with Gasteiger partial charge in [-0.15, -0.1) is 0 Å². The van der Waals surface area contributed by atoms with Gasteiger partial charge >= 0.3 is 17.9 Å². The van der Waals surface area contributed by atoms with Crippen molar-refractivity contribution in [2.24, 2.45) is 0 Å². The van der Waals surface area contributed by atoms with Crippen LogP contribution in [0.15, 0.2) is 60.8 Å². The Bertz CT molecular complexity index is 1280. The summed E-state index contributed by atoms with van der Waals surface area (Å²) in [6.07, 6.45) is 75.2. The average Bonchev–Trinajstić information content (AvgIpc) is 3.37. The van der Waals surface area contributed by atoms with Crippen molar-refractivity contribution in [3.8, 4) is 0 Å². The first-order valence-corrected chi connectivity index (χ1v) is 30.8. The summed E-state index contributed by atoms with van der Waals surface area (Å²) in [4.78, 5) is 38.2. The van der Waals surface area contributed by atoms with Crippen molar-refractivity contribution in [2.45, 2.75) is 322 Å². The summed E-state index contributed by atoms with van der Waals surface area (Å²) in [5.74, 6) is -0.915. The standard InChI is InChI=1S/C65H116O6/c1-4-7-10-13-16-19-22-25-27-28-29-30-31-32-33-34-35-36-38-40-43-46-49-52-55-58-64(67)70-61-62(60-69-63(66)57-54-51-48-45-42-39-24-21-18-15-12-9-6-3)71-65(68)59-56-53-50-47-44-41-37-26-23-20-17-14-11-8-5-2/h8,11,17,20,26,28-29,37,44,47,62H,4-7,9-10,12-16,18-19,21-25,27,30-36,38-43,45-46,48-61H2,1-3H3/b11-8-,20-17-,29-28-,37-26-,47-44-. The number of ether oxygens (including phenoxy) is 3. The summed E-state index contributed by atoms with van der Waals surface area (Å²) in [6.45, 7) is 6.53. The van der Waals surface area contributed by atoms with Crippen LogP contribution in [0.5, 0.6) is 0 Å². The number of hydrogen-bond donors (Lipinski definition) is 0. The molecule has 0 amide bonds. The van der Waals surface area contributed by atoms with Crippen LogP contribution in [0.3, 0.4) is 0 Å². The number of unbranched alkanes of at least 4 members (excludes halogenated alkanes) is 35. The van der Waals surface area contributed by atoms with Crippen LogP contribution in [0.1, 0.15) is 316 Å². The SMILES string of the molecule is CC/C=C\C/C=C\C/C=C\C/C=C\CCCCC(=O)OC(COC(=O)CCCCCCCCCCCCCCC)COC(=O)CCCCCCCCCCCCCCC/C=C\CCCCCCCCCC. The molecule has 0 aromatic rings. The van der Waals surface area contributed by atoms with Gasteiger partial charge in [0.2, 0.25) is 0 Å². The van der Waals surface area contributed by atoms with Gasteiger partial charge in [0, 0.05) is 19.3 Å². The fourth-order valence-electron chi connectivity index (χ4n) is 8.90. The molecule has 0 rings (SSSR count). The third-order valence-electron chi connectivity index (χ3n) is 13.5. The summed E-state index contributed by atoms with van der Waals surface area (Å²) in [6, 6.07) is 0. The fourth-order valence-corrected chi connectivity index (χ4v) is 8.90. The minimum atomic E-state index is -0.794. The lowest BCUT2D eigenvalue weighted by atomic mass is 10.0. The minimum absolute atomic E-state index is 0.0877. The topological polar surface area (TPSA) is 78.9 Å². The molecule has 0 saturated heterocycles. The molecule has 0 bridgehead atoms. The van der Waals surface area contributed by atoms with E-state index in [9.17, 15) is 14.4 Å². The summed E-state index contributed by atoms with van der Waals surface area (Å²) in [5.41, 5.74) is 0. The van der Waals surface area contributed by atoms with Crippen LogP contribution in [0.25, 0.3) is 0 Å². The molecule has 0 aliphatic rings. The number of allylic oxidation sites excluding steroid dienone is 10. The predicted octanol–water partition coefficient (Wildman–Crippen LogP) is 20.8. The van der Waals surface area contributed by atoms with Crippen molar-refractivity contribution in [1.82, 2.24) is 0 Å². The summed E-state index contributed by atoms with van der Waals surface area (Å²) in [7, 11) is 0. The van der Waals surface area contributed by atoms with E-state index in [1.165, 1.54) is 193 Å². The molecule has 0 fully saturated rings. The second kappa shape index (κ2) is 59.7. The number of hydrogen-bond acceptors (Lipinski definition) is 6. The molecular weight excluding hydrogens is 877 g/mol. The van der Waals surface area contributed by atoms with Gasteiger partial charge in [0.05, 0.1) is 0 Å². The third kappa shape index (κ3) is 57.9. The molecule has 6 nitrogen and oxygen atoms in total. The largest absolute Gasteiger partial charge is 0.462 e. The molecule has 6 heteroatoms. The van der Waals surface area contributed by atoms with Crippen molar-refractivity contribution in [3.63, 3.8) is 0 Å². The normalized spacial score (nSPS) is 12.4. The van der Waals surface area contributed by atoms with Crippen molar-refractivity contribution in [1.29, 1.82) is 0 Å². The van der Waals surface area contributed by atoms with E-state index in [4.69, 9.17) is 14.2 Å². The first-order valence-electron chi connectivity index (χ1n) is 30.8. The monoisotopic (exact) mass is 993 g/mol. The van der Waals surface area contributed by atoms with Crippen molar-refractivity contribution >= 4 is 17.9 Å². The van der Waals surface area contributed by atoms with Crippen LogP contribution in [0.2, 0.25) is 0 Å². The summed E-state index contributed by atoms with van der Waals surface area (Å²) < 4.78 is 16.9. The van der Waals surface area contributed by atoms with Crippen LogP contribution < -0.4 is 0 Å². The number of rotatable bonds is 56. The van der Waals surface area contributed by atoms with Crippen LogP contribution in [-0.4, -0.2) is 37.2 Å². The molecule has 0 heterocycles. The third-order valence-corrected chi connectivity index (χ3v) is 13.5. The smallest absolute Gasteiger partial charge is 0.306 e. The highest BCUT2D eigenvalue weighted by Crippen LogP contribution is 2.17. The van der Waals surface area contributed by atoms with Crippen LogP contribution in [-0.2, 0) is 28.6 Å². The molecule has 0 spiro atoms. The predicted molar refractivity (Wildman–Crippen MR) is 307 cm³/mol. The zero-order valence-corrected chi connectivity index (χ0v) is 47.2. The zero-order valence-electron chi connectivity index (χ0n) is 47.2. The van der Waals surface area contributed by atoms with Crippen molar-refractivity contribution in [3.05, 3.63) is 60.8 Å². The summed E-state index contributed by atoms with van der Waals surface area (Å²) in [5, 5.41) is 0. The van der Waals surface area contributed by atoms with Gasteiger partial charge in [0.15, 0.2) is 6.10 Å². The number of carbonyl (C=O) groups is 3.